The van der Waals surface area contributed by atoms with Crippen LogP contribution in [-0.4, -0.2) is 22.8 Å². The summed E-state index contributed by atoms with van der Waals surface area (Å²) >= 11 is 11.6. The third-order valence-electron chi connectivity index (χ3n) is 3.69. The van der Waals surface area contributed by atoms with E-state index in [0.29, 0.717) is 5.56 Å². The Morgan fingerprint density at radius 3 is 2.60 bits per heavy atom. The Balaban J connectivity index is 2.02. The molecule has 2 amide bonds. The topological polar surface area (TPSA) is 71.1 Å². The zero-order chi connectivity index (χ0) is 18.4. The Morgan fingerprint density at radius 1 is 1.16 bits per heavy atom. The summed E-state index contributed by atoms with van der Waals surface area (Å²) in [5, 5.41) is 5.94. The van der Waals surface area contributed by atoms with Crippen molar-refractivity contribution in [3.05, 3.63) is 63.4 Å². The van der Waals surface area contributed by atoms with Crippen molar-refractivity contribution >= 4 is 35.0 Å². The summed E-state index contributed by atoms with van der Waals surface area (Å²) in [5.41, 5.74) is 1.61. The predicted molar refractivity (Wildman–Crippen MR) is 99.1 cm³/mol. The van der Waals surface area contributed by atoms with Gasteiger partial charge in [-0.2, -0.15) is 0 Å². The standard InChI is InChI=1S/C18H19Cl2N3O2/c1-3-11(2)22-17(24)13-6-4-5-12(9-13)10-21-18(25)14-7-8-15(19)23-16(14)20/h4-9,11H,3,10H2,1-2H3,(H,21,25)(H,22,24). The summed E-state index contributed by atoms with van der Waals surface area (Å²) in [6.07, 6.45) is 0.859. The van der Waals surface area contributed by atoms with Crippen LogP contribution < -0.4 is 10.6 Å². The molecule has 7 heteroatoms. The largest absolute Gasteiger partial charge is 0.350 e. The normalized spacial score (nSPS) is 11.7. The lowest BCUT2D eigenvalue weighted by molar-refractivity contribution is 0.0936. The number of hydrogen-bond acceptors (Lipinski definition) is 3. The Hall–Kier alpha value is -2.11. The number of hydrogen-bond donors (Lipinski definition) is 2. The van der Waals surface area contributed by atoms with Gasteiger partial charge in [0.15, 0.2) is 0 Å². The molecule has 0 aliphatic rings. The summed E-state index contributed by atoms with van der Waals surface area (Å²) < 4.78 is 0. The fourth-order valence-corrected chi connectivity index (χ4v) is 2.52. The molecule has 0 saturated carbocycles. The van der Waals surface area contributed by atoms with E-state index in [9.17, 15) is 9.59 Å². The molecule has 2 aromatic rings. The number of nitrogens with one attached hydrogen (secondary N) is 2. The van der Waals surface area contributed by atoms with Crippen LogP contribution in [0.3, 0.4) is 0 Å². The fourth-order valence-electron chi connectivity index (χ4n) is 2.09. The maximum atomic E-state index is 12.2. The molecule has 0 fully saturated rings. The average molecular weight is 380 g/mol. The minimum atomic E-state index is -0.358. The van der Waals surface area contributed by atoms with Crippen LogP contribution in [-0.2, 0) is 6.54 Å². The van der Waals surface area contributed by atoms with E-state index < -0.39 is 0 Å². The molecule has 0 saturated heterocycles. The SMILES string of the molecule is CCC(C)NC(=O)c1cccc(CNC(=O)c2ccc(Cl)nc2Cl)c1. The quantitative estimate of drug-likeness (QED) is 0.748. The van der Waals surface area contributed by atoms with Gasteiger partial charge < -0.3 is 10.6 Å². The highest BCUT2D eigenvalue weighted by atomic mass is 35.5. The minimum absolute atomic E-state index is 0.0479. The third-order valence-corrected chi connectivity index (χ3v) is 4.19. The van der Waals surface area contributed by atoms with Crippen LogP contribution in [0, 0.1) is 0 Å². The number of carbonyl (C=O) groups excluding carboxylic acids is 2. The lowest BCUT2D eigenvalue weighted by Crippen LogP contribution is -2.32. The Morgan fingerprint density at radius 2 is 1.92 bits per heavy atom. The maximum Gasteiger partial charge on any atom is 0.254 e. The van der Waals surface area contributed by atoms with Gasteiger partial charge in [0, 0.05) is 18.2 Å². The zero-order valence-electron chi connectivity index (χ0n) is 14.0. The van der Waals surface area contributed by atoms with Crippen LogP contribution in [0.1, 0.15) is 46.5 Å². The summed E-state index contributed by atoms with van der Waals surface area (Å²) in [5.74, 6) is -0.490. The highest BCUT2D eigenvalue weighted by molar-refractivity contribution is 6.34. The van der Waals surface area contributed by atoms with Crippen molar-refractivity contribution in [1.82, 2.24) is 15.6 Å². The van der Waals surface area contributed by atoms with Crippen molar-refractivity contribution in [3.63, 3.8) is 0 Å². The van der Waals surface area contributed by atoms with Crippen molar-refractivity contribution in [2.75, 3.05) is 0 Å². The molecule has 0 aliphatic heterocycles. The van der Waals surface area contributed by atoms with Gasteiger partial charge in [-0.15, -0.1) is 0 Å². The van der Waals surface area contributed by atoms with Gasteiger partial charge in [0.25, 0.3) is 11.8 Å². The molecule has 0 aliphatic carbocycles. The van der Waals surface area contributed by atoms with E-state index in [4.69, 9.17) is 23.2 Å². The number of pyridine rings is 1. The lowest BCUT2D eigenvalue weighted by Gasteiger charge is -2.12. The van der Waals surface area contributed by atoms with Crippen LogP contribution >= 0.6 is 23.2 Å². The van der Waals surface area contributed by atoms with Crippen molar-refractivity contribution in [1.29, 1.82) is 0 Å². The average Bonchev–Trinajstić information content (AvgIpc) is 2.59. The number of carbonyl (C=O) groups is 2. The highest BCUT2D eigenvalue weighted by Crippen LogP contribution is 2.16. The number of halogens is 2. The Bertz CT molecular complexity index is 781. The first-order valence-electron chi connectivity index (χ1n) is 7.90. The minimum Gasteiger partial charge on any atom is -0.350 e. The highest BCUT2D eigenvalue weighted by Gasteiger charge is 2.13. The Labute approximate surface area is 156 Å². The van der Waals surface area contributed by atoms with Crippen LogP contribution in [0.2, 0.25) is 10.3 Å². The first-order valence-corrected chi connectivity index (χ1v) is 8.66. The second-order valence-electron chi connectivity index (χ2n) is 5.64. The van der Waals surface area contributed by atoms with E-state index in [1.54, 1.807) is 18.2 Å². The third kappa shape index (κ3) is 5.44. The van der Waals surface area contributed by atoms with E-state index in [1.165, 1.54) is 12.1 Å². The monoisotopic (exact) mass is 379 g/mol. The first-order chi connectivity index (χ1) is 11.9. The molecular formula is C18H19Cl2N3O2. The van der Waals surface area contributed by atoms with Crippen molar-refractivity contribution in [3.8, 4) is 0 Å². The molecule has 2 rings (SSSR count). The molecule has 1 unspecified atom stereocenters. The molecule has 0 spiro atoms. The van der Waals surface area contributed by atoms with Gasteiger partial charge in [0.05, 0.1) is 5.56 Å². The van der Waals surface area contributed by atoms with Gasteiger partial charge in [-0.25, -0.2) is 4.98 Å². The molecule has 132 valence electrons. The summed E-state index contributed by atoms with van der Waals surface area (Å²) in [7, 11) is 0. The second kappa shape index (κ2) is 8.83. The van der Waals surface area contributed by atoms with Crippen molar-refractivity contribution in [2.24, 2.45) is 0 Å². The van der Waals surface area contributed by atoms with Crippen LogP contribution in [0.4, 0.5) is 0 Å². The molecule has 1 heterocycles. The number of amides is 2. The smallest absolute Gasteiger partial charge is 0.254 e. The summed E-state index contributed by atoms with van der Waals surface area (Å²) in [6, 6.07) is 10.2. The Kier molecular flexibility index (Phi) is 6.79. The lowest BCUT2D eigenvalue weighted by atomic mass is 10.1. The van der Waals surface area contributed by atoms with Gasteiger partial charge in [0.1, 0.15) is 10.3 Å². The van der Waals surface area contributed by atoms with E-state index >= 15 is 0 Å². The molecule has 1 aromatic heterocycles. The molecular weight excluding hydrogens is 361 g/mol. The molecule has 1 atom stereocenters. The van der Waals surface area contributed by atoms with E-state index in [-0.39, 0.29) is 40.3 Å². The molecule has 0 bridgehead atoms. The number of aromatic nitrogens is 1. The predicted octanol–water partition coefficient (Wildman–Crippen LogP) is 3.85. The van der Waals surface area contributed by atoms with Crippen molar-refractivity contribution < 1.29 is 9.59 Å². The van der Waals surface area contributed by atoms with E-state index in [0.717, 1.165) is 12.0 Å². The molecule has 25 heavy (non-hydrogen) atoms. The van der Waals surface area contributed by atoms with Crippen LogP contribution in [0.5, 0.6) is 0 Å². The molecule has 1 aromatic carbocycles. The zero-order valence-corrected chi connectivity index (χ0v) is 15.5. The molecule has 5 nitrogen and oxygen atoms in total. The van der Waals surface area contributed by atoms with Gasteiger partial charge in [-0.1, -0.05) is 42.3 Å². The number of benzene rings is 1. The summed E-state index contributed by atoms with van der Waals surface area (Å²) in [6.45, 7) is 4.22. The first kappa shape index (κ1) is 19.2. The van der Waals surface area contributed by atoms with E-state index in [2.05, 4.69) is 15.6 Å². The van der Waals surface area contributed by atoms with E-state index in [1.807, 2.05) is 19.9 Å². The van der Waals surface area contributed by atoms with Crippen LogP contribution in [0.15, 0.2) is 36.4 Å². The van der Waals surface area contributed by atoms with Gasteiger partial charge in [0.2, 0.25) is 0 Å². The fraction of sp³-hybridized carbons (Fsp3) is 0.278. The van der Waals surface area contributed by atoms with Gasteiger partial charge in [-0.3, -0.25) is 9.59 Å². The van der Waals surface area contributed by atoms with Crippen LogP contribution in [0.25, 0.3) is 0 Å². The van der Waals surface area contributed by atoms with Gasteiger partial charge in [-0.05, 0) is 43.2 Å². The van der Waals surface area contributed by atoms with Gasteiger partial charge >= 0.3 is 0 Å². The molecule has 0 radical (unpaired) electrons. The molecule has 2 N–H and O–H groups in total. The maximum absolute atomic E-state index is 12.2. The second-order valence-corrected chi connectivity index (χ2v) is 6.38. The van der Waals surface area contributed by atoms with Crippen molar-refractivity contribution in [2.45, 2.75) is 32.9 Å². The number of rotatable bonds is 6. The number of nitrogens with zero attached hydrogens (tertiary/aromatic N) is 1. The summed E-state index contributed by atoms with van der Waals surface area (Å²) in [4.78, 5) is 28.2.